The molecule has 1 amide bonds. The lowest BCUT2D eigenvalue weighted by Gasteiger charge is -2.17. The zero-order valence-electron chi connectivity index (χ0n) is 11.7. The number of hydrogen-bond donors (Lipinski definition) is 3. The van der Waals surface area contributed by atoms with E-state index in [-0.39, 0.29) is 12.5 Å². The maximum atomic E-state index is 12.3. The Balaban J connectivity index is 2.20. The van der Waals surface area contributed by atoms with Gasteiger partial charge in [0.05, 0.1) is 25.3 Å². The molecule has 0 saturated carbocycles. The van der Waals surface area contributed by atoms with Crippen molar-refractivity contribution in [1.82, 2.24) is 5.32 Å². The van der Waals surface area contributed by atoms with Crippen molar-refractivity contribution >= 4 is 11.6 Å². The topological polar surface area (TPSA) is 84.6 Å². The molecule has 2 rings (SSSR count). The van der Waals surface area contributed by atoms with Gasteiger partial charge in [-0.3, -0.25) is 4.79 Å². The molecule has 0 heterocycles. The first-order valence-electron chi connectivity index (χ1n) is 6.56. The fraction of sp³-hybridized carbons (Fsp3) is 0.188. The number of aliphatic hydroxyl groups excluding tert-OH is 1. The number of nitrogens with two attached hydrogens (primary N) is 1. The van der Waals surface area contributed by atoms with E-state index in [0.717, 1.165) is 5.56 Å². The highest BCUT2D eigenvalue weighted by Gasteiger charge is 2.17. The Morgan fingerprint density at radius 1 is 1.29 bits per heavy atom. The van der Waals surface area contributed by atoms with Gasteiger partial charge in [-0.25, -0.2) is 0 Å². The van der Waals surface area contributed by atoms with Gasteiger partial charge in [-0.1, -0.05) is 30.3 Å². The molecular weight excluding hydrogens is 268 g/mol. The number of ether oxygens (including phenoxy) is 1. The Kier molecular flexibility index (Phi) is 4.79. The Morgan fingerprint density at radius 2 is 2.00 bits per heavy atom. The molecule has 5 nitrogen and oxygen atoms in total. The van der Waals surface area contributed by atoms with Gasteiger partial charge in [-0.2, -0.15) is 0 Å². The molecule has 0 radical (unpaired) electrons. The van der Waals surface area contributed by atoms with Gasteiger partial charge < -0.3 is 20.9 Å². The van der Waals surface area contributed by atoms with E-state index in [2.05, 4.69) is 5.32 Å². The first-order valence-corrected chi connectivity index (χ1v) is 6.56. The summed E-state index contributed by atoms with van der Waals surface area (Å²) in [5.41, 5.74) is 7.33. The van der Waals surface area contributed by atoms with E-state index in [4.69, 9.17) is 10.5 Å². The minimum Gasteiger partial charge on any atom is -0.497 e. The molecule has 110 valence electrons. The third-order valence-corrected chi connectivity index (χ3v) is 3.19. The number of anilines is 1. The number of nitrogen functional groups attached to an aromatic ring is 1. The number of carbonyl (C=O) groups is 1. The largest absolute Gasteiger partial charge is 0.497 e. The average Bonchev–Trinajstić information content (AvgIpc) is 2.53. The third-order valence-electron chi connectivity index (χ3n) is 3.19. The van der Waals surface area contributed by atoms with Crippen molar-refractivity contribution in [2.24, 2.45) is 0 Å². The van der Waals surface area contributed by atoms with E-state index in [1.54, 1.807) is 18.2 Å². The van der Waals surface area contributed by atoms with Gasteiger partial charge in [0.15, 0.2) is 0 Å². The van der Waals surface area contributed by atoms with Crippen molar-refractivity contribution < 1.29 is 14.6 Å². The molecule has 1 atom stereocenters. The lowest BCUT2D eigenvalue weighted by molar-refractivity contribution is 0.0917. The van der Waals surface area contributed by atoms with Crippen LogP contribution in [0.25, 0.3) is 0 Å². The molecule has 5 heteroatoms. The molecule has 0 unspecified atom stereocenters. The van der Waals surface area contributed by atoms with Crippen LogP contribution in [-0.4, -0.2) is 24.7 Å². The third kappa shape index (κ3) is 3.52. The highest BCUT2D eigenvalue weighted by Crippen LogP contribution is 2.21. The second-order valence-electron chi connectivity index (χ2n) is 4.57. The highest BCUT2D eigenvalue weighted by molar-refractivity contribution is 5.99. The van der Waals surface area contributed by atoms with Crippen LogP contribution in [-0.2, 0) is 0 Å². The van der Waals surface area contributed by atoms with Crippen molar-refractivity contribution in [3.05, 3.63) is 59.7 Å². The molecular formula is C16H18N2O3. The van der Waals surface area contributed by atoms with Crippen LogP contribution in [0.5, 0.6) is 5.75 Å². The predicted molar refractivity (Wildman–Crippen MR) is 81.1 cm³/mol. The van der Waals surface area contributed by atoms with Crippen molar-refractivity contribution in [1.29, 1.82) is 0 Å². The van der Waals surface area contributed by atoms with Crippen molar-refractivity contribution in [3.8, 4) is 5.75 Å². The molecule has 0 aliphatic carbocycles. The molecule has 0 bridgehead atoms. The normalized spacial score (nSPS) is 11.7. The maximum Gasteiger partial charge on any atom is 0.254 e. The van der Waals surface area contributed by atoms with Crippen LogP contribution in [0.15, 0.2) is 48.5 Å². The van der Waals surface area contributed by atoms with Crippen LogP contribution in [0.1, 0.15) is 22.0 Å². The molecule has 0 fully saturated rings. The second-order valence-corrected chi connectivity index (χ2v) is 4.57. The van der Waals surface area contributed by atoms with Gasteiger partial charge in [0.25, 0.3) is 5.91 Å². The maximum absolute atomic E-state index is 12.3. The van der Waals surface area contributed by atoms with Crippen LogP contribution in [0.2, 0.25) is 0 Å². The lowest BCUT2D eigenvalue weighted by atomic mass is 10.1. The van der Waals surface area contributed by atoms with Gasteiger partial charge in [-0.05, 0) is 23.8 Å². The number of amides is 1. The summed E-state index contributed by atoms with van der Waals surface area (Å²) < 4.78 is 5.09. The first kappa shape index (κ1) is 14.9. The molecule has 2 aromatic carbocycles. The van der Waals surface area contributed by atoms with Gasteiger partial charge in [-0.15, -0.1) is 0 Å². The molecule has 2 aromatic rings. The lowest BCUT2D eigenvalue weighted by Crippen LogP contribution is -2.31. The number of nitrogens with one attached hydrogen (secondary N) is 1. The summed E-state index contributed by atoms with van der Waals surface area (Å²) in [7, 11) is 1.52. The summed E-state index contributed by atoms with van der Waals surface area (Å²) in [4.78, 5) is 12.3. The van der Waals surface area contributed by atoms with Gasteiger partial charge in [0, 0.05) is 5.69 Å². The molecule has 0 aliphatic heterocycles. The van der Waals surface area contributed by atoms with Crippen molar-refractivity contribution in [2.75, 3.05) is 19.5 Å². The zero-order chi connectivity index (χ0) is 15.2. The van der Waals surface area contributed by atoms with E-state index in [1.165, 1.54) is 7.11 Å². The summed E-state index contributed by atoms with van der Waals surface area (Å²) in [6, 6.07) is 13.7. The Hall–Kier alpha value is -2.53. The van der Waals surface area contributed by atoms with Gasteiger partial charge >= 0.3 is 0 Å². The average molecular weight is 286 g/mol. The Labute approximate surface area is 123 Å². The fourth-order valence-corrected chi connectivity index (χ4v) is 2.01. The zero-order valence-corrected chi connectivity index (χ0v) is 11.7. The smallest absolute Gasteiger partial charge is 0.254 e. The van der Waals surface area contributed by atoms with E-state index < -0.39 is 6.04 Å². The van der Waals surface area contributed by atoms with E-state index in [9.17, 15) is 9.90 Å². The Bertz CT molecular complexity index is 614. The molecule has 0 spiro atoms. The molecule has 0 aromatic heterocycles. The van der Waals surface area contributed by atoms with Crippen molar-refractivity contribution in [3.63, 3.8) is 0 Å². The summed E-state index contributed by atoms with van der Waals surface area (Å²) in [5.74, 6) is 0.198. The monoisotopic (exact) mass is 286 g/mol. The standard InChI is InChI=1S/C16H18N2O3/c1-21-12-7-8-14(17)13(9-12)16(20)18-15(10-19)11-5-3-2-4-6-11/h2-9,15,19H,10,17H2,1H3,(H,18,20)/t15-/m0/s1. The van der Waals surface area contributed by atoms with E-state index in [0.29, 0.717) is 17.0 Å². The Morgan fingerprint density at radius 3 is 2.62 bits per heavy atom. The summed E-state index contributed by atoms with van der Waals surface area (Å²) in [6.45, 7) is -0.195. The van der Waals surface area contributed by atoms with Crippen LogP contribution in [0.4, 0.5) is 5.69 Å². The summed E-state index contributed by atoms with van der Waals surface area (Å²) in [6.07, 6.45) is 0. The predicted octanol–water partition coefficient (Wildman–Crippen LogP) is 1.74. The quantitative estimate of drug-likeness (QED) is 0.731. The molecule has 21 heavy (non-hydrogen) atoms. The van der Waals surface area contributed by atoms with Crippen molar-refractivity contribution in [2.45, 2.75) is 6.04 Å². The SMILES string of the molecule is COc1ccc(N)c(C(=O)N[C@@H](CO)c2ccccc2)c1. The number of carbonyl (C=O) groups excluding carboxylic acids is 1. The van der Waals surface area contributed by atoms with E-state index >= 15 is 0 Å². The fourth-order valence-electron chi connectivity index (χ4n) is 2.01. The van der Waals surface area contributed by atoms with Crippen LogP contribution < -0.4 is 15.8 Å². The van der Waals surface area contributed by atoms with Gasteiger partial charge in [0.1, 0.15) is 5.75 Å². The van der Waals surface area contributed by atoms with Gasteiger partial charge in [0.2, 0.25) is 0 Å². The molecule has 4 N–H and O–H groups in total. The van der Waals surface area contributed by atoms with Crippen LogP contribution in [0.3, 0.4) is 0 Å². The number of methoxy groups -OCH3 is 1. The highest BCUT2D eigenvalue weighted by atomic mass is 16.5. The summed E-state index contributed by atoms with van der Waals surface area (Å²) in [5, 5.41) is 12.2. The second kappa shape index (κ2) is 6.76. The number of aliphatic hydroxyl groups is 1. The molecule has 0 saturated heterocycles. The number of rotatable bonds is 5. The molecule has 0 aliphatic rings. The van der Waals surface area contributed by atoms with Crippen LogP contribution in [0, 0.1) is 0 Å². The van der Waals surface area contributed by atoms with Crippen LogP contribution >= 0.6 is 0 Å². The number of benzene rings is 2. The first-order chi connectivity index (χ1) is 10.2. The minimum absolute atomic E-state index is 0.195. The number of hydrogen-bond acceptors (Lipinski definition) is 4. The van der Waals surface area contributed by atoms with E-state index in [1.807, 2.05) is 30.3 Å². The summed E-state index contributed by atoms with van der Waals surface area (Å²) >= 11 is 0. The minimum atomic E-state index is -0.482.